The van der Waals surface area contributed by atoms with Crippen molar-refractivity contribution in [3.63, 3.8) is 0 Å². The quantitative estimate of drug-likeness (QED) is 0.602. The molecule has 3 aromatic rings. The van der Waals surface area contributed by atoms with Crippen molar-refractivity contribution in [2.75, 3.05) is 13.7 Å². The smallest absolute Gasteiger partial charge is 0.344 e. The van der Waals surface area contributed by atoms with E-state index in [1.807, 2.05) is 43.3 Å². The summed E-state index contributed by atoms with van der Waals surface area (Å²) >= 11 is 0. The van der Waals surface area contributed by atoms with Crippen LogP contribution in [0.25, 0.3) is 11.3 Å². The molecule has 0 fully saturated rings. The van der Waals surface area contributed by atoms with Crippen LogP contribution in [0.15, 0.2) is 59.1 Å². The summed E-state index contributed by atoms with van der Waals surface area (Å²) in [5, 5.41) is 3.91. The van der Waals surface area contributed by atoms with E-state index in [-0.39, 0.29) is 13.2 Å². The molecule has 0 aliphatic rings. The monoisotopic (exact) mass is 353 g/mol. The maximum absolute atomic E-state index is 11.8. The van der Waals surface area contributed by atoms with Crippen LogP contribution in [0.4, 0.5) is 0 Å². The van der Waals surface area contributed by atoms with Gasteiger partial charge in [-0.3, -0.25) is 0 Å². The maximum atomic E-state index is 11.8. The van der Waals surface area contributed by atoms with Crippen LogP contribution in [0.1, 0.15) is 11.3 Å². The second kappa shape index (κ2) is 8.20. The summed E-state index contributed by atoms with van der Waals surface area (Å²) in [6, 6.07) is 16.6. The Morgan fingerprint density at radius 3 is 2.65 bits per heavy atom. The first-order valence-electron chi connectivity index (χ1n) is 8.09. The average Bonchev–Trinajstić information content (AvgIpc) is 3.15. The summed E-state index contributed by atoms with van der Waals surface area (Å²) in [6.07, 6.45) is 0. The standard InChI is InChI=1S/C20H19NO5/c1-14-6-8-17(9-7-14)24-13-20(22)25-12-16-11-19(26-21-16)15-4-3-5-18(10-15)23-2/h3-11H,12-13H2,1-2H3. The Hall–Kier alpha value is -3.28. The van der Waals surface area contributed by atoms with Crippen LogP contribution < -0.4 is 9.47 Å². The molecular formula is C20H19NO5. The largest absolute Gasteiger partial charge is 0.497 e. The van der Waals surface area contributed by atoms with Gasteiger partial charge in [-0.1, -0.05) is 35.0 Å². The highest BCUT2D eigenvalue weighted by Crippen LogP contribution is 2.24. The first-order chi connectivity index (χ1) is 12.6. The van der Waals surface area contributed by atoms with Gasteiger partial charge in [0.1, 0.15) is 23.8 Å². The van der Waals surface area contributed by atoms with Gasteiger partial charge in [-0.15, -0.1) is 0 Å². The molecule has 3 rings (SSSR count). The number of ether oxygens (including phenoxy) is 3. The van der Waals surface area contributed by atoms with Crippen LogP contribution >= 0.6 is 0 Å². The lowest BCUT2D eigenvalue weighted by atomic mass is 10.1. The highest BCUT2D eigenvalue weighted by Gasteiger charge is 2.10. The van der Waals surface area contributed by atoms with Crippen molar-refractivity contribution >= 4 is 5.97 Å². The van der Waals surface area contributed by atoms with Gasteiger partial charge in [0.2, 0.25) is 0 Å². The van der Waals surface area contributed by atoms with E-state index in [0.29, 0.717) is 17.2 Å². The normalized spacial score (nSPS) is 10.4. The molecule has 1 aromatic heterocycles. The fourth-order valence-corrected chi connectivity index (χ4v) is 2.27. The molecule has 0 spiro atoms. The number of nitrogens with zero attached hydrogens (tertiary/aromatic N) is 1. The Morgan fingerprint density at radius 1 is 1.08 bits per heavy atom. The molecule has 2 aromatic carbocycles. The van der Waals surface area contributed by atoms with Crippen molar-refractivity contribution in [3.05, 3.63) is 65.9 Å². The second-order valence-corrected chi connectivity index (χ2v) is 5.68. The molecular weight excluding hydrogens is 334 g/mol. The van der Waals surface area contributed by atoms with E-state index >= 15 is 0 Å². The highest BCUT2D eigenvalue weighted by atomic mass is 16.6. The molecule has 0 N–H and O–H groups in total. The minimum Gasteiger partial charge on any atom is -0.497 e. The lowest BCUT2D eigenvalue weighted by molar-refractivity contribution is -0.147. The summed E-state index contributed by atoms with van der Waals surface area (Å²) in [5.41, 5.74) is 2.47. The Balaban J connectivity index is 1.51. The van der Waals surface area contributed by atoms with Crippen LogP contribution in [0.5, 0.6) is 11.5 Å². The number of hydrogen-bond donors (Lipinski definition) is 0. The first-order valence-corrected chi connectivity index (χ1v) is 8.09. The number of aryl methyl sites for hydroxylation is 1. The summed E-state index contributed by atoms with van der Waals surface area (Å²) < 4.78 is 21.0. The van der Waals surface area contributed by atoms with Crippen molar-refractivity contribution in [2.24, 2.45) is 0 Å². The Labute approximate surface area is 151 Å². The van der Waals surface area contributed by atoms with E-state index in [1.165, 1.54) is 0 Å². The maximum Gasteiger partial charge on any atom is 0.344 e. The van der Waals surface area contributed by atoms with E-state index in [1.54, 1.807) is 25.3 Å². The highest BCUT2D eigenvalue weighted by molar-refractivity contribution is 5.71. The molecule has 0 saturated heterocycles. The van der Waals surface area contributed by atoms with Crippen molar-refractivity contribution in [1.82, 2.24) is 5.16 Å². The van der Waals surface area contributed by atoms with E-state index in [2.05, 4.69) is 5.16 Å². The Bertz CT molecular complexity index is 870. The van der Waals surface area contributed by atoms with Gasteiger partial charge >= 0.3 is 5.97 Å². The second-order valence-electron chi connectivity index (χ2n) is 5.68. The van der Waals surface area contributed by atoms with Gasteiger partial charge < -0.3 is 18.7 Å². The molecule has 0 saturated carbocycles. The van der Waals surface area contributed by atoms with Crippen LogP contribution in [0.2, 0.25) is 0 Å². The van der Waals surface area contributed by atoms with Crippen molar-refractivity contribution in [3.8, 4) is 22.8 Å². The SMILES string of the molecule is COc1cccc(-c2cc(COC(=O)COc3ccc(C)cc3)no2)c1. The van der Waals surface area contributed by atoms with Crippen LogP contribution in [-0.2, 0) is 16.1 Å². The number of hydrogen-bond acceptors (Lipinski definition) is 6. The summed E-state index contributed by atoms with van der Waals surface area (Å²) in [6.45, 7) is 1.84. The predicted molar refractivity (Wildman–Crippen MR) is 95.0 cm³/mol. The zero-order chi connectivity index (χ0) is 18.4. The number of methoxy groups -OCH3 is 1. The molecule has 134 valence electrons. The van der Waals surface area contributed by atoms with E-state index in [0.717, 1.165) is 16.9 Å². The van der Waals surface area contributed by atoms with Crippen LogP contribution in [0.3, 0.4) is 0 Å². The van der Waals surface area contributed by atoms with Crippen LogP contribution in [-0.4, -0.2) is 24.8 Å². The Morgan fingerprint density at radius 2 is 1.88 bits per heavy atom. The van der Waals surface area contributed by atoms with Crippen molar-refractivity contribution < 1.29 is 23.5 Å². The third-order valence-corrected chi connectivity index (χ3v) is 3.67. The molecule has 26 heavy (non-hydrogen) atoms. The third kappa shape index (κ3) is 4.63. The van der Waals surface area contributed by atoms with Gasteiger partial charge in [0, 0.05) is 11.6 Å². The zero-order valence-electron chi connectivity index (χ0n) is 14.6. The zero-order valence-corrected chi connectivity index (χ0v) is 14.6. The van der Waals surface area contributed by atoms with E-state index in [4.69, 9.17) is 18.7 Å². The number of benzene rings is 2. The lowest BCUT2D eigenvalue weighted by Crippen LogP contribution is -2.14. The fourth-order valence-electron chi connectivity index (χ4n) is 2.27. The molecule has 0 radical (unpaired) electrons. The summed E-state index contributed by atoms with van der Waals surface area (Å²) in [5.74, 6) is 1.44. The van der Waals surface area contributed by atoms with Crippen molar-refractivity contribution in [2.45, 2.75) is 13.5 Å². The molecule has 6 heteroatoms. The van der Waals surface area contributed by atoms with E-state index in [9.17, 15) is 4.79 Å². The molecule has 1 heterocycles. The number of esters is 1. The molecule has 0 unspecified atom stereocenters. The summed E-state index contributed by atoms with van der Waals surface area (Å²) in [4.78, 5) is 11.8. The van der Waals surface area contributed by atoms with Crippen LogP contribution in [0, 0.1) is 6.92 Å². The first kappa shape index (κ1) is 17.5. The molecule has 0 aliphatic carbocycles. The van der Waals surface area contributed by atoms with Gasteiger partial charge in [0.25, 0.3) is 0 Å². The molecule has 0 bridgehead atoms. The van der Waals surface area contributed by atoms with E-state index < -0.39 is 5.97 Å². The molecule has 0 amide bonds. The Kier molecular flexibility index (Phi) is 5.53. The van der Waals surface area contributed by atoms with Gasteiger partial charge in [-0.2, -0.15) is 0 Å². The van der Waals surface area contributed by atoms with Gasteiger partial charge in [-0.25, -0.2) is 4.79 Å². The van der Waals surface area contributed by atoms with Gasteiger partial charge in [0.15, 0.2) is 12.4 Å². The molecule has 0 aliphatic heterocycles. The lowest BCUT2D eigenvalue weighted by Gasteiger charge is -2.06. The minimum absolute atomic E-state index is 0.0174. The predicted octanol–water partition coefficient (Wildman–Crippen LogP) is 3.78. The average molecular weight is 353 g/mol. The number of carbonyl (C=O) groups excluding carboxylic acids is 1. The summed E-state index contributed by atoms with van der Waals surface area (Å²) in [7, 11) is 1.60. The number of rotatable bonds is 7. The fraction of sp³-hybridized carbons (Fsp3) is 0.200. The third-order valence-electron chi connectivity index (χ3n) is 3.67. The number of carbonyl (C=O) groups is 1. The van der Waals surface area contributed by atoms with Crippen molar-refractivity contribution in [1.29, 1.82) is 0 Å². The number of aromatic nitrogens is 1. The minimum atomic E-state index is -0.475. The topological polar surface area (TPSA) is 70.8 Å². The molecule has 0 atom stereocenters. The molecule has 6 nitrogen and oxygen atoms in total. The van der Waals surface area contributed by atoms with Gasteiger partial charge in [-0.05, 0) is 31.2 Å². The van der Waals surface area contributed by atoms with Gasteiger partial charge in [0.05, 0.1) is 7.11 Å².